The van der Waals surface area contributed by atoms with Gasteiger partial charge in [0.25, 0.3) is 0 Å². The van der Waals surface area contributed by atoms with E-state index in [1.54, 1.807) is 7.05 Å². The second-order valence-electron chi connectivity index (χ2n) is 7.41. The van der Waals surface area contributed by atoms with E-state index in [0.717, 1.165) is 12.8 Å². The molecule has 0 fully saturated rings. The molecule has 0 aromatic rings. The number of carbonyl (C=O) groups excluding carboxylic acids is 1. The molecule has 0 spiro atoms. The smallest absolute Gasteiger partial charge is 0.236 e. The Morgan fingerprint density at radius 1 is 0.625 bits per heavy atom. The molecule has 0 aromatic heterocycles. The molecular weight excluding hydrogens is 296 g/mol. The molecule has 24 heavy (non-hydrogen) atoms. The molecule has 1 amide bonds. The summed E-state index contributed by atoms with van der Waals surface area (Å²) >= 11 is 0. The number of hydrogen-bond donors (Lipinski definition) is 1. The Morgan fingerprint density at radius 3 is 1.21 bits per heavy atom. The summed E-state index contributed by atoms with van der Waals surface area (Å²) in [5, 5.41) is 1.20. The van der Waals surface area contributed by atoms with Crippen molar-refractivity contribution in [1.82, 2.24) is 5.01 Å². The maximum absolute atomic E-state index is 11.3. The van der Waals surface area contributed by atoms with Crippen molar-refractivity contribution in [1.29, 1.82) is 0 Å². The second kappa shape index (κ2) is 18.8. The van der Waals surface area contributed by atoms with E-state index in [1.807, 2.05) is 0 Å². The van der Waals surface area contributed by atoms with Gasteiger partial charge in [0.15, 0.2) is 0 Å². The molecular formula is C21H44N2O. The number of nitrogens with zero attached hydrogens (tertiary/aromatic N) is 1. The minimum atomic E-state index is 0.0518. The molecule has 3 nitrogen and oxygen atoms in total. The van der Waals surface area contributed by atoms with Gasteiger partial charge in [-0.25, -0.2) is 5.84 Å². The zero-order valence-electron chi connectivity index (χ0n) is 16.7. The topological polar surface area (TPSA) is 46.3 Å². The van der Waals surface area contributed by atoms with E-state index in [0.29, 0.717) is 6.42 Å². The molecule has 0 saturated carbocycles. The molecule has 0 saturated heterocycles. The highest BCUT2D eigenvalue weighted by Crippen LogP contribution is 2.14. The number of unbranched alkanes of at least 4 members (excludes halogenated alkanes) is 16. The lowest BCUT2D eigenvalue weighted by Gasteiger charge is -2.09. The van der Waals surface area contributed by atoms with Crippen LogP contribution in [0, 0.1) is 0 Å². The highest BCUT2D eigenvalue weighted by Gasteiger charge is 2.03. The fraction of sp³-hybridized carbons (Fsp3) is 0.952. The third kappa shape index (κ3) is 17.8. The Kier molecular flexibility index (Phi) is 18.3. The molecule has 0 radical (unpaired) electrons. The van der Waals surface area contributed by atoms with Gasteiger partial charge in [0.05, 0.1) is 0 Å². The lowest BCUT2D eigenvalue weighted by Crippen LogP contribution is -2.32. The van der Waals surface area contributed by atoms with Gasteiger partial charge in [0.1, 0.15) is 0 Å². The van der Waals surface area contributed by atoms with Gasteiger partial charge in [-0.2, -0.15) is 0 Å². The van der Waals surface area contributed by atoms with Crippen LogP contribution in [0.25, 0.3) is 0 Å². The van der Waals surface area contributed by atoms with E-state index >= 15 is 0 Å². The SMILES string of the molecule is CCCCCCCCCCCCCCCCCCCC(=O)N(C)N. The summed E-state index contributed by atoms with van der Waals surface area (Å²) in [6.45, 7) is 2.28. The molecule has 0 atom stereocenters. The standard InChI is InChI=1S/C21H44N2O/c1-3-4-5-6-7-8-9-10-11-12-13-14-15-16-17-18-19-20-21(24)23(2)22/h3-20,22H2,1-2H3. The van der Waals surface area contributed by atoms with Gasteiger partial charge in [-0.15, -0.1) is 0 Å². The van der Waals surface area contributed by atoms with Gasteiger partial charge in [0, 0.05) is 13.5 Å². The summed E-state index contributed by atoms with van der Waals surface area (Å²) in [5.74, 6) is 5.44. The van der Waals surface area contributed by atoms with Crippen molar-refractivity contribution in [3.63, 3.8) is 0 Å². The van der Waals surface area contributed by atoms with E-state index < -0.39 is 0 Å². The zero-order chi connectivity index (χ0) is 17.9. The van der Waals surface area contributed by atoms with Crippen molar-refractivity contribution in [2.45, 2.75) is 122 Å². The van der Waals surface area contributed by atoms with Gasteiger partial charge >= 0.3 is 0 Å². The molecule has 0 aliphatic carbocycles. The van der Waals surface area contributed by atoms with Crippen LogP contribution in [0.15, 0.2) is 0 Å². The Bertz CT molecular complexity index is 267. The normalized spacial score (nSPS) is 11.0. The van der Waals surface area contributed by atoms with Crippen LogP contribution >= 0.6 is 0 Å². The van der Waals surface area contributed by atoms with Crippen molar-refractivity contribution < 1.29 is 4.79 Å². The molecule has 0 heterocycles. The van der Waals surface area contributed by atoms with Crippen molar-refractivity contribution in [2.24, 2.45) is 5.84 Å². The third-order valence-electron chi connectivity index (χ3n) is 4.89. The minimum Gasteiger partial charge on any atom is -0.284 e. The monoisotopic (exact) mass is 340 g/mol. The average molecular weight is 341 g/mol. The summed E-state index contributed by atoms with van der Waals surface area (Å²) in [4.78, 5) is 11.3. The predicted molar refractivity (Wildman–Crippen MR) is 106 cm³/mol. The molecule has 0 bridgehead atoms. The second-order valence-corrected chi connectivity index (χ2v) is 7.41. The fourth-order valence-electron chi connectivity index (χ4n) is 3.18. The number of carbonyl (C=O) groups is 1. The van der Waals surface area contributed by atoms with Gasteiger partial charge in [-0.05, 0) is 6.42 Å². The first kappa shape index (κ1) is 23.4. The quantitative estimate of drug-likeness (QED) is 0.136. The Morgan fingerprint density at radius 2 is 0.917 bits per heavy atom. The molecule has 0 unspecified atom stereocenters. The van der Waals surface area contributed by atoms with Crippen LogP contribution in [0.1, 0.15) is 122 Å². The Balaban J connectivity index is 3.04. The van der Waals surface area contributed by atoms with Gasteiger partial charge in [-0.3, -0.25) is 9.80 Å². The summed E-state index contributed by atoms with van der Waals surface area (Å²) < 4.78 is 0. The van der Waals surface area contributed by atoms with E-state index in [1.165, 1.54) is 101 Å². The van der Waals surface area contributed by atoms with Crippen LogP contribution < -0.4 is 5.84 Å². The molecule has 0 rings (SSSR count). The van der Waals surface area contributed by atoms with Crippen LogP contribution in [0.4, 0.5) is 0 Å². The lowest BCUT2D eigenvalue weighted by molar-refractivity contribution is -0.130. The molecule has 2 N–H and O–H groups in total. The largest absolute Gasteiger partial charge is 0.284 e. The van der Waals surface area contributed by atoms with Crippen molar-refractivity contribution in [3.8, 4) is 0 Å². The van der Waals surface area contributed by atoms with E-state index in [9.17, 15) is 4.79 Å². The van der Waals surface area contributed by atoms with Crippen molar-refractivity contribution in [3.05, 3.63) is 0 Å². The van der Waals surface area contributed by atoms with Crippen LogP contribution in [0.2, 0.25) is 0 Å². The highest BCUT2D eigenvalue weighted by molar-refractivity contribution is 5.75. The van der Waals surface area contributed by atoms with Gasteiger partial charge < -0.3 is 0 Å². The van der Waals surface area contributed by atoms with E-state index in [2.05, 4.69) is 6.92 Å². The first-order chi connectivity index (χ1) is 11.7. The molecule has 0 aliphatic rings. The highest BCUT2D eigenvalue weighted by atomic mass is 16.2. The number of nitrogens with two attached hydrogens (primary N) is 1. The van der Waals surface area contributed by atoms with Gasteiger partial charge in [0.2, 0.25) is 5.91 Å². The third-order valence-corrected chi connectivity index (χ3v) is 4.89. The first-order valence-electron chi connectivity index (χ1n) is 10.7. The fourth-order valence-corrected chi connectivity index (χ4v) is 3.18. The number of hydrogen-bond acceptors (Lipinski definition) is 2. The molecule has 3 heteroatoms. The van der Waals surface area contributed by atoms with Crippen molar-refractivity contribution in [2.75, 3.05) is 7.05 Å². The lowest BCUT2D eigenvalue weighted by atomic mass is 10.0. The number of amides is 1. The maximum atomic E-state index is 11.3. The summed E-state index contributed by atoms with van der Waals surface area (Å²) in [6, 6.07) is 0. The minimum absolute atomic E-state index is 0.0518. The summed E-state index contributed by atoms with van der Waals surface area (Å²) in [5.41, 5.74) is 0. The Hall–Kier alpha value is -0.570. The van der Waals surface area contributed by atoms with Crippen LogP contribution in [-0.2, 0) is 4.79 Å². The first-order valence-corrected chi connectivity index (χ1v) is 10.7. The van der Waals surface area contributed by atoms with Crippen LogP contribution in [-0.4, -0.2) is 18.0 Å². The van der Waals surface area contributed by atoms with E-state index in [-0.39, 0.29) is 5.91 Å². The average Bonchev–Trinajstić information content (AvgIpc) is 2.57. The van der Waals surface area contributed by atoms with Gasteiger partial charge in [-0.1, -0.05) is 110 Å². The molecule has 0 aromatic carbocycles. The maximum Gasteiger partial charge on any atom is 0.236 e. The number of rotatable bonds is 18. The molecule has 0 aliphatic heterocycles. The number of hydrazine groups is 1. The molecule has 144 valence electrons. The van der Waals surface area contributed by atoms with E-state index in [4.69, 9.17) is 5.84 Å². The van der Waals surface area contributed by atoms with Crippen LogP contribution in [0.3, 0.4) is 0 Å². The predicted octanol–water partition coefficient (Wildman–Crippen LogP) is 6.36. The Labute approximate surface area is 151 Å². The summed E-state index contributed by atoms with van der Waals surface area (Å²) in [6.07, 6.45) is 23.8. The van der Waals surface area contributed by atoms with Crippen LogP contribution in [0.5, 0.6) is 0 Å². The van der Waals surface area contributed by atoms with Crippen molar-refractivity contribution >= 4 is 5.91 Å². The summed E-state index contributed by atoms with van der Waals surface area (Å²) in [7, 11) is 1.62. The zero-order valence-corrected chi connectivity index (χ0v) is 16.7.